The Kier molecular flexibility index (Phi) is 5.09. The van der Waals surface area contributed by atoms with Crippen molar-refractivity contribution in [1.82, 2.24) is 0 Å². The van der Waals surface area contributed by atoms with Crippen LogP contribution in [-0.2, 0) is 19.6 Å². The van der Waals surface area contributed by atoms with Crippen LogP contribution in [0.5, 0.6) is 0 Å². The number of benzene rings is 3. The van der Waals surface area contributed by atoms with E-state index in [-0.39, 0.29) is 6.10 Å². The monoisotopic (exact) mass is 364 g/mol. The van der Waals surface area contributed by atoms with Crippen molar-refractivity contribution in [2.24, 2.45) is 0 Å². The Morgan fingerprint density at radius 2 is 1.35 bits per heavy atom. The highest BCUT2D eigenvalue weighted by molar-refractivity contribution is 7.81. The van der Waals surface area contributed by atoms with Crippen molar-refractivity contribution in [3.63, 3.8) is 0 Å². The summed E-state index contributed by atoms with van der Waals surface area (Å²) in [6, 6.07) is 28.9. The lowest BCUT2D eigenvalue weighted by atomic mass is 9.80. The summed E-state index contributed by atoms with van der Waals surface area (Å²) in [4.78, 5) is 10.3. The zero-order valence-electron chi connectivity index (χ0n) is 14.2. The van der Waals surface area contributed by atoms with Gasteiger partial charge in [0.2, 0.25) is 0 Å². The third-order valence-corrected chi connectivity index (χ3v) is 5.50. The molecule has 0 radical (unpaired) electrons. The molecule has 3 aromatic carbocycles. The summed E-state index contributed by atoms with van der Waals surface area (Å²) in [6.07, 6.45) is 0.531. The summed E-state index contributed by atoms with van der Waals surface area (Å²) < 4.78 is -0.610. The molecule has 1 atom stereocenters. The van der Waals surface area contributed by atoms with Gasteiger partial charge in [-0.15, -0.1) is 0 Å². The van der Waals surface area contributed by atoms with Gasteiger partial charge in [-0.3, -0.25) is 0 Å². The number of thiol groups is 1. The van der Waals surface area contributed by atoms with Gasteiger partial charge in [-0.05, 0) is 22.3 Å². The second-order valence-electron chi connectivity index (χ2n) is 6.29. The Labute approximate surface area is 158 Å². The molecule has 132 valence electrons. The Morgan fingerprint density at radius 1 is 0.769 bits per heavy atom. The van der Waals surface area contributed by atoms with Crippen LogP contribution in [0.2, 0.25) is 0 Å². The molecule has 1 unspecified atom stereocenters. The fourth-order valence-corrected chi connectivity index (χ4v) is 3.97. The molecule has 1 heterocycles. The largest absolute Gasteiger partial charge is 0.206 e. The van der Waals surface area contributed by atoms with E-state index in [1.807, 2.05) is 48.5 Å². The molecule has 1 saturated heterocycles. The molecule has 0 N–H and O–H groups in total. The topological polar surface area (TPSA) is 27.7 Å². The summed E-state index contributed by atoms with van der Waals surface area (Å²) in [7, 11) is 0. The second-order valence-corrected chi connectivity index (χ2v) is 6.96. The molecule has 3 nitrogen and oxygen atoms in total. The average molecular weight is 364 g/mol. The Hall–Kier alpha value is -2.11. The van der Waals surface area contributed by atoms with Crippen LogP contribution in [-0.4, -0.2) is 6.61 Å². The lowest BCUT2D eigenvalue weighted by molar-refractivity contribution is -0.551. The van der Waals surface area contributed by atoms with Crippen molar-refractivity contribution in [3.05, 3.63) is 107 Å². The average Bonchev–Trinajstić information content (AvgIpc) is 2.75. The van der Waals surface area contributed by atoms with E-state index < -0.39 is 4.75 Å². The predicted octanol–water partition coefficient (Wildman–Crippen LogP) is 5.23. The maximum Gasteiger partial charge on any atom is 0.124 e. The van der Waals surface area contributed by atoms with Gasteiger partial charge < -0.3 is 0 Å². The molecule has 4 heteroatoms. The molecule has 0 aromatic heterocycles. The van der Waals surface area contributed by atoms with Gasteiger partial charge in [0.1, 0.15) is 6.10 Å². The van der Waals surface area contributed by atoms with Gasteiger partial charge in [0.05, 0.1) is 11.4 Å². The van der Waals surface area contributed by atoms with E-state index in [1.165, 1.54) is 0 Å². The highest BCUT2D eigenvalue weighted by Gasteiger charge is 2.36. The summed E-state index contributed by atoms with van der Waals surface area (Å²) >= 11 is 5.25. The third kappa shape index (κ3) is 3.17. The number of rotatable bonds is 4. The first-order valence-corrected chi connectivity index (χ1v) is 9.12. The van der Waals surface area contributed by atoms with Crippen LogP contribution in [0.3, 0.4) is 0 Å². The molecule has 26 heavy (non-hydrogen) atoms. The number of hydrogen-bond donors (Lipinski definition) is 1. The SMILES string of the molecule is SC(c1ccccc1)(c1ccccc1)c1ccccc1C1CCOOO1. The summed E-state index contributed by atoms with van der Waals surface area (Å²) in [5.41, 5.74) is 4.35. The molecule has 0 saturated carbocycles. The van der Waals surface area contributed by atoms with Crippen molar-refractivity contribution < 1.29 is 14.8 Å². The minimum atomic E-state index is -0.610. The van der Waals surface area contributed by atoms with Crippen molar-refractivity contribution in [3.8, 4) is 0 Å². The van der Waals surface area contributed by atoms with E-state index in [1.54, 1.807) is 0 Å². The minimum absolute atomic E-state index is 0.195. The van der Waals surface area contributed by atoms with E-state index >= 15 is 0 Å². The smallest absolute Gasteiger partial charge is 0.124 e. The highest BCUT2D eigenvalue weighted by Crippen LogP contribution is 2.46. The third-order valence-electron chi connectivity index (χ3n) is 4.75. The molecule has 1 aliphatic rings. The van der Waals surface area contributed by atoms with E-state index in [0.717, 1.165) is 28.7 Å². The zero-order valence-corrected chi connectivity index (χ0v) is 15.1. The molecule has 0 aliphatic carbocycles. The van der Waals surface area contributed by atoms with Crippen LogP contribution in [0.4, 0.5) is 0 Å². The molecule has 0 bridgehead atoms. The van der Waals surface area contributed by atoms with E-state index in [2.05, 4.69) is 36.4 Å². The first kappa shape index (κ1) is 17.3. The van der Waals surface area contributed by atoms with E-state index in [4.69, 9.17) is 27.4 Å². The molecule has 0 amide bonds. The Bertz CT molecular complexity index is 806. The molecule has 0 spiro atoms. The van der Waals surface area contributed by atoms with E-state index in [9.17, 15) is 0 Å². The van der Waals surface area contributed by atoms with Crippen molar-refractivity contribution in [2.45, 2.75) is 17.3 Å². The van der Waals surface area contributed by atoms with Gasteiger partial charge >= 0.3 is 0 Å². The molecule has 1 aliphatic heterocycles. The molecular formula is C22H20O3S. The Morgan fingerprint density at radius 3 is 1.92 bits per heavy atom. The zero-order chi connectivity index (χ0) is 17.8. The fourth-order valence-electron chi connectivity index (χ4n) is 3.46. The van der Waals surface area contributed by atoms with Crippen LogP contribution in [0, 0.1) is 0 Å². The van der Waals surface area contributed by atoms with Gasteiger partial charge in [0.15, 0.2) is 0 Å². The maximum absolute atomic E-state index is 5.42. The molecule has 1 fully saturated rings. The predicted molar refractivity (Wildman–Crippen MR) is 104 cm³/mol. The summed E-state index contributed by atoms with van der Waals surface area (Å²) in [5.74, 6) is 0. The lowest BCUT2D eigenvalue weighted by Crippen LogP contribution is -2.26. The minimum Gasteiger partial charge on any atom is -0.206 e. The van der Waals surface area contributed by atoms with Gasteiger partial charge in [0, 0.05) is 6.42 Å². The summed E-state index contributed by atoms with van der Waals surface area (Å²) in [5, 5.41) is 4.79. The van der Waals surface area contributed by atoms with Crippen molar-refractivity contribution >= 4 is 12.6 Å². The summed E-state index contributed by atoms with van der Waals surface area (Å²) in [6.45, 7) is 0.495. The second kappa shape index (κ2) is 7.64. The van der Waals surface area contributed by atoms with Gasteiger partial charge in [-0.25, -0.2) is 4.89 Å². The van der Waals surface area contributed by atoms with Crippen LogP contribution in [0.15, 0.2) is 84.9 Å². The van der Waals surface area contributed by atoms with Gasteiger partial charge in [-0.2, -0.15) is 17.5 Å². The standard InChI is InChI=1S/C22H20O3S/c26-22(17-9-3-1-4-10-17,18-11-5-2-6-12-18)20-14-8-7-13-19(20)21-15-16-23-25-24-21/h1-14,21,26H,15-16H2. The van der Waals surface area contributed by atoms with Crippen LogP contribution >= 0.6 is 12.6 Å². The molecule has 3 aromatic rings. The highest BCUT2D eigenvalue weighted by atomic mass is 32.1. The van der Waals surface area contributed by atoms with Crippen LogP contribution in [0.25, 0.3) is 0 Å². The Balaban J connectivity index is 1.91. The van der Waals surface area contributed by atoms with Crippen molar-refractivity contribution in [2.75, 3.05) is 6.61 Å². The quantitative estimate of drug-likeness (QED) is 0.390. The maximum atomic E-state index is 5.42. The first-order valence-electron chi connectivity index (χ1n) is 8.68. The van der Waals surface area contributed by atoms with Crippen molar-refractivity contribution in [1.29, 1.82) is 0 Å². The molecule has 4 rings (SSSR count). The van der Waals surface area contributed by atoms with E-state index in [0.29, 0.717) is 6.61 Å². The van der Waals surface area contributed by atoms with Crippen LogP contribution in [0.1, 0.15) is 34.8 Å². The first-order chi connectivity index (χ1) is 12.8. The molecular weight excluding hydrogens is 344 g/mol. The number of hydrogen-bond acceptors (Lipinski definition) is 4. The lowest BCUT2D eigenvalue weighted by Gasteiger charge is -2.34. The fraction of sp³-hybridized carbons (Fsp3) is 0.182. The van der Waals surface area contributed by atoms with Gasteiger partial charge in [0.25, 0.3) is 0 Å². The van der Waals surface area contributed by atoms with Gasteiger partial charge in [-0.1, -0.05) is 90.0 Å². The van der Waals surface area contributed by atoms with Crippen LogP contribution < -0.4 is 0 Å². The normalized spacial score (nSPS) is 17.8.